The summed E-state index contributed by atoms with van der Waals surface area (Å²) in [6, 6.07) is 23.2. The van der Waals surface area contributed by atoms with E-state index in [1.807, 2.05) is 54.6 Å². The zero-order valence-electron chi connectivity index (χ0n) is 18.9. The van der Waals surface area contributed by atoms with Crippen molar-refractivity contribution in [3.63, 3.8) is 0 Å². The molecule has 0 radical (unpaired) electrons. The highest BCUT2D eigenvalue weighted by Crippen LogP contribution is 2.33. The number of rotatable bonds is 6. The predicted molar refractivity (Wildman–Crippen MR) is 132 cm³/mol. The van der Waals surface area contributed by atoms with Gasteiger partial charge in [-0.25, -0.2) is 14.1 Å². The summed E-state index contributed by atoms with van der Waals surface area (Å²) in [5.41, 5.74) is 3.55. The number of nitrogens with zero attached hydrogens (tertiary/aromatic N) is 4. The van der Waals surface area contributed by atoms with Crippen molar-refractivity contribution in [1.29, 1.82) is 0 Å². The molecule has 7 nitrogen and oxygen atoms in total. The van der Waals surface area contributed by atoms with Crippen LogP contribution in [-0.2, 0) is 4.79 Å². The number of aliphatic imine (C=N–C) groups is 1. The molecule has 1 aromatic heterocycles. The third-order valence-corrected chi connectivity index (χ3v) is 5.67. The number of hydrogen-bond donors (Lipinski definition) is 1. The summed E-state index contributed by atoms with van der Waals surface area (Å²) in [4.78, 5) is 21.7. The maximum absolute atomic E-state index is 13.6. The molecule has 1 aliphatic rings. The highest BCUT2D eigenvalue weighted by Gasteiger charge is 2.28. The minimum absolute atomic E-state index is 0.148. The Kier molecular flexibility index (Phi) is 6.17. The fraction of sp³-hybridized carbons (Fsp3) is 0.111. The molecule has 1 aliphatic heterocycles. The van der Waals surface area contributed by atoms with Gasteiger partial charge in [-0.3, -0.25) is 10.1 Å². The van der Waals surface area contributed by atoms with Crippen molar-refractivity contribution in [2.75, 3.05) is 12.4 Å². The summed E-state index contributed by atoms with van der Waals surface area (Å²) in [6.45, 7) is 0. The maximum atomic E-state index is 13.6. The Labute approximate surface area is 201 Å². The Balaban J connectivity index is 1.41. The first-order chi connectivity index (χ1) is 17.1. The van der Waals surface area contributed by atoms with Crippen molar-refractivity contribution in [1.82, 2.24) is 14.8 Å². The standard InChI is InChI=1S/C27H22FN5O2/c1-35-22-14-7-18(8-15-22)9-16-25(34)30-26-31-27-29-23(19-5-3-2-4-6-19)17-24(33(27)32-26)20-10-12-21(28)13-11-20/h2-16,24H,17H2,1H3,(H,30,32,34)/b16-9+. The molecule has 0 aliphatic carbocycles. The lowest BCUT2D eigenvalue weighted by molar-refractivity contribution is -0.111. The summed E-state index contributed by atoms with van der Waals surface area (Å²) in [7, 11) is 1.60. The van der Waals surface area contributed by atoms with Gasteiger partial charge in [-0.15, -0.1) is 5.10 Å². The van der Waals surface area contributed by atoms with Gasteiger partial charge in [0.2, 0.25) is 0 Å². The summed E-state index contributed by atoms with van der Waals surface area (Å²) in [6.07, 6.45) is 3.66. The zero-order valence-corrected chi connectivity index (χ0v) is 18.9. The van der Waals surface area contributed by atoms with E-state index in [1.54, 1.807) is 30.0 Å². The van der Waals surface area contributed by atoms with E-state index in [2.05, 4.69) is 15.4 Å². The van der Waals surface area contributed by atoms with Crippen molar-refractivity contribution >= 4 is 29.6 Å². The van der Waals surface area contributed by atoms with Gasteiger partial charge < -0.3 is 4.74 Å². The van der Waals surface area contributed by atoms with Gasteiger partial charge in [0.1, 0.15) is 11.6 Å². The molecule has 5 rings (SSSR count). The summed E-state index contributed by atoms with van der Waals surface area (Å²) in [5, 5.41) is 7.20. The van der Waals surface area contributed by atoms with Crippen molar-refractivity contribution < 1.29 is 13.9 Å². The molecule has 0 spiro atoms. The molecule has 2 heterocycles. The van der Waals surface area contributed by atoms with Crippen LogP contribution in [0.25, 0.3) is 6.08 Å². The molecule has 3 aromatic carbocycles. The van der Waals surface area contributed by atoms with Gasteiger partial charge in [0.25, 0.3) is 17.8 Å². The van der Waals surface area contributed by atoms with Crippen LogP contribution in [0, 0.1) is 5.82 Å². The van der Waals surface area contributed by atoms with E-state index >= 15 is 0 Å². The van der Waals surface area contributed by atoms with Crippen molar-refractivity contribution in [2.45, 2.75) is 12.5 Å². The van der Waals surface area contributed by atoms with Gasteiger partial charge in [-0.2, -0.15) is 4.98 Å². The number of carbonyl (C=O) groups excluding carboxylic acids is 1. The molecule has 1 atom stereocenters. The molecule has 0 saturated carbocycles. The van der Waals surface area contributed by atoms with Crippen LogP contribution >= 0.6 is 0 Å². The molecule has 1 amide bonds. The SMILES string of the molecule is COc1ccc(/C=C/C(=O)Nc2nc3n(n2)C(c2ccc(F)cc2)CC(c2ccccc2)=N3)cc1. The smallest absolute Gasteiger partial charge is 0.250 e. The highest BCUT2D eigenvalue weighted by atomic mass is 19.1. The van der Waals surface area contributed by atoms with Crippen LogP contribution in [0.4, 0.5) is 16.3 Å². The molecule has 0 bridgehead atoms. The first-order valence-electron chi connectivity index (χ1n) is 11.1. The van der Waals surface area contributed by atoms with E-state index in [0.717, 1.165) is 28.2 Å². The second-order valence-corrected chi connectivity index (χ2v) is 7.97. The second kappa shape index (κ2) is 9.72. The average Bonchev–Trinajstić information content (AvgIpc) is 3.30. The summed E-state index contributed by atoms with van der Waals surface area (Å²) in [5.74, 6) is 0.588. The van der Waals surface area contributed by atoms with E-state index in [0.29, 0.717) is 12.4 Å². The molecule has 35 heavy (non-hydrogen) atoms. The Morgan fingerprint density at radius 1 is 1.06 bits per heavy atom. The third kappa shape index (κ3) is 5.01. The lowest BCUT2D eigenvalue weighted by atomic mass is 9.96. The number of benzene rings is 3. The molecule has 0 fully saturated rings. The second-order valence-electron chi connectivity index (χ2n) is 7.97. The average molecular weight is 468 g/mol. The van der Waals surface area contributed by atoms with Gasteiger partial charge in [-0.1, -0.05) is 54.6 Å². The van der Waals surface area contributed by atoms with Gasteiger partial charge in [-0.05, 0) is 47.0 Å². The fourth-order valence-corrected chi connectivity index (χ4v) is 3.89. The van der Waals surface area contributed by atoms with Gasteiger partial charge in [0.05, 0.1) is 18.9 Å². The largest absolute Gasteiger partial charge is 0.497 e. The molecule has 8 heteroatoms. The Morgan fingerprint density at radius 2 is 1.80 bits per heavy atom. The van der Waals surface area contributed by atoms with E-state index in [1.165, 1.54) is 18.2 Å². The number of amides is 1. The van der Waals surface area contributed by atoms with E-state index in [4.69, 9.17) is 9.73 Å². The molecule has 0 saturated heterocycles. The number of anilines is 1. The van der Waals surface area contributed by atoms with E-state index < -0.39 is 0 Å². The summed E-state index contributed by atoms with van der Waals surface area (Å²) < 4.78 is 20.4. The number of ether oxygens (including phenoxy) is 1. The lowest BCUT2D eigenvalue weighted by Gasteiger charge is -2.23. The number of halogens is 1. The number of nitrogens with one attached hydrogen (secondary N) is 1. The van der Waals surface area contributed by atoms with Crippen molar-refractivity contribution in [2.24, 2.45) is 4.99 Å². The molecular formula is C27H22FN5O2. The number of methoxy groups -OCH3 is 1. The quantitative estimate of drug-likeness (QED) is 0.396. The van der Waals surface area contributed by atoms with Gasteiger partial charge >= 0.3 is 0 Å². The number of fused-ring (bicyclic) bond motifs is 1. The molecule has 1 N–H and O–H groups in total. The van der Waals surface area contributed by atoms with Crippen LogP contribution in [0.3, 0.4) is 0 Å². The van der Waals surface area contributed by atoms with Crippen molar-refractivity contribution in [3.05, 3.63) is 107 Å². The molecular weight excluding hydrogens is 445 g/mol. The normalized spacial score (nSPS) is 14.9. The number of carbonyl (C=O) groups is 1. The number of hydrogen-bond acceptors (Lipinski definition) is 5. The minimum atomic E-state index is -0.366. The summed E-state index contributed by atoms with van der Waals surface area (Å²) >= 11 is 0. The van der Waals surface area contributed by atoms with E-state index in [-0.39, 0.29) is 23.7 Å². The first-order valence-corrected chi connectivity index (χ1v) is 11.1. The Bertz CT molecular complexity index is 1390. The lowest BCUT2D eigenvalue weighted by Crippen LogP contribution is -2.21. The van der Waals surface area contributed by atoms with Crippen LogP contribution in [0.15, 0.2) is 89.9 Å². The Hall–Kier alpha value is -4.59. The van der Waals surface area contributed by atoms with Crippen LogP contribution in [-0.4, -0.2) is 33.5 Å². The topological polar surface area (TPSA) is 81.4 Å². The van der Waals surface area contributed by atoms with Gasteiger partial charge in [0.15, 0.2) is 0 Å². The maximum Gasteiger partial charge on any atom is 0.250 e. The zero-order chi connectivity index (χ0) is 24.2. The molecule has 174 valence electrons. The van der Waals surface area contributed by atoms with Crippen LogP contribution in [0.2, 0.25) is 0 Å². The molecule has 4 aromatic rings. The van der Waals surface area contributed by atoms with Gasteiger partial charge in [0, 0.05) is 12.5 Å². The predicted octanol–water partition coefficient (Wildman–Crippen LogP) is 5.19. The van der Waals surface area contributed by atoms with E-state index in [9.17, 15) is 9.18 Å². The highest BCUT2D eigenvalue weighted by molar-refractivity contribution is 6.03. The number of aromatic nitrogens is 3. The molecule has 1 unspecified atom stereocenters. The van der Waals surface area contributed by atoms with Crippen LogP contribution in [0.5, 0.6) is 5.75 Å². The monoisotopic (exact) mass is 467 g/mol. The Morgan fingerprint density at radius 3 is 2.51 bits per heavy atom. The third-order valence-electron chi connectivity index (χ3n) is 5.67. The van der Waals surface area contributed by atoms with Crippen molar-refractivity contribution in [3.8, 4) is 5.75 Å². The van der Waals surface area contributed by atoms with Crippen LogP contribution in [0.1, 0.15) is 29.2 Å². The first kappa shape index (κ1) is 22.2. The van der Waals surface area contributed by atoms with Crippen LogP contribution < -0.4 is 10.1 Å². The minimum Gasteiger partial charge on any atom is -0.497 e. The fourth-order valence-electron chi connectivity index (χ4n) is 3.89.